The van der Waals surface area contributed by atoms with Crippen molar-refractivity contribution in [2.24, 2.45) is 0 Å². The molecule has 1 aliphatic rings. The fourth-order valence-corrected chi connectivity index (χ4v) is 1.98. The van der Waals surface area contributed by atoms with Gasteiger partial charge in [-0.15, -0.1) is 0 Å². The summed E-state index contributed by atoms with van der Waals surface area (Å²) in [6, 6.07) is 3.94. The van der Waals surface area contributed by atoms with E-state index in [0.29, 0.717) is 11.6 Å². The fourth-order valence-electron chi connectivity index (χ4n) is 1.98. The van der Waals surface area contributed by atoms with Crippen LogP contribution in [-0.2, 0) is 0 Å². The lowest BCUT2D eigenvalue weighted by molar-refractivity contribution is 0.0919. The quantitative estimate of drug-likeness (QED) is 0.760. The second kappa shape index (κ2) is 5.61. The number of aromatic nitrogens is 1. The molecule has 4 nitrogen and oxygen atoms in total. The molecule has 1 amide bonds. The number of amides is 1. The minimum absolute atomic E-state index is 0.112. The Morgan fingerprint density at radius 3 is 2.81 bits per heavy atom. The summed E-state index contributed by atoms with van der Waals surface area (Å²) in [4.78, 5) is 15.6. The van der Waals surface area contributed by atoms with Crippen LogP contribution in [0.25, 0.3) is 0 Å². The molecule has 1 heterocycles. The standard InChI is InChI=1S/C12H17N3O/c16-12(10-5-4-8-13-9-10)15-14-11-6-2-1-3-7-11/h4-5,8-9,11,14H,1-3,6-7H2,(H,15,16). The van der Waals surface area contributed by atoms with E-state index in [-0.39, 0.29) is 5.91 Å². The van der Waals surface area contributed by atoms with E-state index in [4.69, 9.17) is 0 Å². The maximum Gasteiger partial charge on any atom is 0.266 e. The van der Waals surface area contributed by atoms with Gasteiger partial charge in [0.2, 0.25) is 0 Å². The summed E-state index contributed by atoms with van der Waals surface area (Å²) >= 11 is 0. The number of carbonyl (C=O) groups is 1. The van der Waals surface area contributed by atoms with Crippen LogP contribution in [0.3, 0.4) is 0 Å². The Morgan fingerprint density at radius 1 is 1.31 bits per heavy atom. The average molecular weight is 219 g/mol. The van der Waals surface area contributed by atoms with Gasteiger partial charge in [-0.2, -0.15) is 0 Å². The third kappa shape index (κ3) is 3.03. The topological polar surface area (TPSA) is 54.0 Å². The van der Waals surface area contributed by atoms with Crippen molar-refractivity contribution in [1.29, 1.82) is 0 Å². The first-order valence-electron chi connectivity index (χ1n) is 5.82. The lowest BCUT2D eigenvalue weighted by atomic mass is 9.96. The molecule has 0 bridgehead atoms. The first-order valence-corrected chi connectivity index (χ1v) is 5.82. The van der Waals surface area contributed by atoms with Crippen molar-refractivity contribution in [2.75, 3.05) is 0 Å². The van der Waals surface area contributed by atoms with Crippen LogP contribution in [0.2, 0.25) is 0 Å². The van der Waals surface area contributed by atoms with E-state index in [1.54, 1.807) is 24.5 Å². The third-order valence-corrected chi connectivity index (χ3v) is 2.92. The summed E-state index contributed by atoms with van der Waals surface area (Å²) in [5.74, 6) is -0.112. The number of nitrogens with zero attached hydrogens (tertiary/aromatic N) is 1. The first-order chi connectivity index (χ1) is 7.86. The van der Waals surface area contributed by atoms with Gasteiger partial charge in [-0.3, -0.25) is 15.2 Å². The number of hydrogen-bond donors (Lipinski definition) is 2. The molecule has 1 aliphatic carbocycles. The zero-order chi connectivity index (χ0) is 11.2. The Balaban J connectivity index is 1.79. The first kappa shape index (κ1) is 11.1. The Labute approximate surface area is 95.4 Å². The van der Waals surface area contributed by atoms with Crippen molar-refractivity contribution in [1.82, 2.24) is 15.8 Å². The number of hydrogen-bond acceptors (Lipinski definition) is 3. The van der Waals surface area contributed by atoms with Gasteiger partial charge in [-0.25, -0.2) is 5.43 Å². The summed E-state index contributed by atoms with van der Waals surface area (Å²) < 4.78 is 0. The highest BCUT2D eigenvalue weighted by Gasteiger charge is 2.13. The molecule has 0 spiro atoms. The summed E-state index contributed by atoms with van der Waals surface area (Å²) in [5.41, 5.74) is 6.42. The van der Waals surface area contributed by atoms with E-state index in [0.717, 1.165) is 12.8 Å². The normalized spacial score (nSPS) is 17.0. The highest BCUT2D eigenvalue weighted by atomic mass is 16.2. The minimum atomic E-state index is -0.112. The summed E-state index contributed by atoms with van der Waals surface area (Å²) in [7, 11) is 0. The van der Waals surface area contributed by atoms with Crippen LogP contribution in [0.1, 0.15) is 42.5 Å². The van der Waals surface area contributed by atoms with E-state index in [9.17, 15) is 4.79 Å². The summed E-state index contributed by atoms with van der Waals surface area (Å²) in [5, 5.41) is 0. The SMILES string of the molecule is O=C(NNC1CCCCC1)c1cccnc1. The predicted molar refractivity (Wildman–Crippen MR) is 61.7 cm³/mol. The Hall–Kier alpha value is -1.42. The molecule has 1 aromatic heterocycles. The number of pyridine rings is 1. The van der Waals surface area contributed by atoms with Gasteiger partial charge in [0.15, 0.2) is 0 Å². The zero-order valence-corrected chi connectivity index (χ0v) is 9.28. The minimum Gasteiger partial charge on any atom is -0.287 e. The second-order valence-corrected chi connectivity index (χ2v) is 4.18. The molecule has 0 radical (unpaired) electrons. The van der Waals surface area contributed by atoms with Crippen LogP contribution >= 0.6 is 0 Å². The molecule has 2 rings (SSSR count). The van der Waals surface area contributed by atoms with Crippen molar-refractivity contribution in [3.63, 3.8) is 0 Å². The maximum atomic E-state index is 11.7. The molecular weight excluding hydrogens is 202 g/mol. The van der Waals surface area contributed by atoms with Gasteiger partial charge >= 0.3 is 0 Å². The van der Waals surface area contributed by atoms with Gasteiger partial charge < -0.3 is 0 Å². The van der Waals surface area contributed by atoms with E-state index < -0.39 is 0 Å². The van der Waals surface area contributed by atoms with Crippen molar-refractivity contribution < 1.29 is 4.79 Å². The van der Waals surface area contributed by atoms with E-state index in [1.807, 2.05) is 0 Å². The molecule has 86 valence electrons. The number of carbonyl (C=O) groups excluding carboxylic acids is 1. The molecule has 16 heavy (non-hydrogen) atoms. The van der Waals surface area contributed by atoms with Gasteiger partial charge in [-0.1, -0.05) is 19.3 Å². The molecule has 0 unspecified atom stereocenters. The van der Waals surface area contributed by atoms with Gasteiger partial charge in [0.1, 0.15) is 0 Å². The molecule has 0 atom stereocenters. The third-order valence-electron chi connectivity index (χ3n) is 2.92. The summed E-state index contributed by atoms with van der Waals surface area (Å²) in [6.07, 6.45) is 9.33. The van der Waals surface area contributed by atoms with Gasteiger partial charge in [-0.05, 0) is 25.0 Å². The number of hydrazine groups is 1. The highest BCUT2D eigenvalue weighted by Crippen LogP contribution is 2.16. The maximum absolute atomic E-state index is 11.7. The van der Waals surface area contributed by atoms with Crippen LogP contribution in [0.4, 0.5) is 0 Å². The van der Waals surface area contributed by atoms with Crippen LogP contribution in [0.5, 0.6) is 0 Å². The molecule has 2 N–H and O–H groups in total. The molecule has 1 saturated carbocycles. The van der Waals surface area contributed by atoms with E-state index >= 15 is 0 Å². The molecule has 0 saturated heterocycles. The largest absolute Gasteiger partial charge is 0.287 e. The Kier molecular flexibility index (Phi) is 3.88. The van der Waals surface area contributed by atoms with Crippen LogP contribution in [0, 0.1) is 0 Å². The highest BCUT2D eigenvalue weighted by molar-refractivity contribution is 5.93. The van der Waals surface area contributed by atoms with Gasteiger partial charge in [0.25, 0.3) is 5.91 Å². The van der Waals surface area contributed by atoms with Crippen molar-refractivity contribution in [3.8, 4) is 0 Å². The molecule has 0 aromatic carbocycles. The Morgan fingerprint density at radius 2 is 2.12 bits per heavy atom. The molecule has 0 aliphatic heterocycles. The van der Waals surface area contributed by atoms with E-state index in [2.05, 4.69) is 15.8 Å². The lowest BCUT2D eigenvalue weighted by Crippen LogP contribution is -2.45. The smallest absolute Gasteiger partial charge is 0.266 e. The van der Waals surface area contributed by atoms with Crippen LogP contribution in [-0.4, -0.2) is 16.9 Å². The fraction of sp³-hybridized carbons (Fsp3) is 0.500. The van der Waals surface area contributed by atoms with E-state index in [1.165, 1.54) is 19.3 Å². The molecule has 1 fully saturated rings. The monoisotopic (exact) mass is 219 g/mol. The summed E-state index contributed by atoms with van der Waals surface area (Å²) in [6.45, 7) is 0. The van der Waals surface area contributed by atoms with Crippen molar-refractivity contribution in [3.05, 3.63) is 30.1 Å². The number of nitrogens with one attached hydrogen (secondary N) is 2. The zero-order valence-electron chi connectivity index (χ0n) is 9.28. The predicted octanol–water partition coefficient (Wildman–Crippen LogP) is 1.65. The molecule has 4 heteroatoms. The van der Waals surface area contributed by atoms with Gasteiger partial charge in [0, 0.05) is 18.4 Å². The number of rotatable bonds is 3. The van der Waals surface area contributed by atoms with Crippen LogP contribution < -0.4 is 10.9 Å². The molecule has 1 aromatic rings. The van der Waals surface area contributed by atoms with Crippen molar-refractivity contribution >= 4 is 5.91 Å². The van der Waals surface area contributed by atoms with Gasteiger partial charge in [0.05, 0.1) is 5.56 Å². The lowest BCUT2D eigenvalue weighted by Gasteiger charge is -2.22. The van der Waals surface area contributed by atoms with Crippen LogP contribution in [0.15, 0.2) is 24.5 Å². The molecular formula is C12H17N3O. The second-order valence-electron chi connectivity index (χ2n) is 4.18. The average Bonchev–Trinajstić information content (AvgIpc) is 2.38. The Bertz CT molecular complexity index is 333. The van der Waals surface area contributed by atoms with Crippen molar-refractivity contribution in [2.45, 2.75) is 38.1 Å².